The summed E-state index contributed by atoms with van der Waals surface area (Å²) >= 11 is 0. The van der Waals surface area contributed by atoms with Crippen molar-refractivity contribution in [2.45, 2.75) is 30.0 Å². The second-order valence-electron chi connectivity index (χ2n) is 5.93. The number of benzene rings is 1. The fourth-order valence-corrected chi connectivity index (χ4v) is 4.23. The van der Waals surface area contributed by atoms with Crippen molar-refractivity contribution in [1.82, 2.24) is 9.29 Å². The molecule has 2 heterocycles. The Hall–Kier alpha value is -2.13. The molecule has 0 amide bonds. The zero-order valence-corrected chi connectivity index (χ0v) is 14.5. The molecule has 1 aliphatic rings. The highest BCUT2D eigenvalue weighted by atomic mass is 32.2. The predicted molar refractivity (Wildman–Crippen MR) is 88.1 cm³/mol. The molecule has 1 aliphatic heterocycles. The van der Waals surface area contributed by atoms with E-state index < -0.39 is 21.8 Å². The van der Waals surface area contributed by atoms with E-state index in [0.717, 1.165) is 24.3 Å². The van der Waals surface area contributed by atoms with E-state index in [9.17, 15) is 21.6 Å². The van der Waals surface area contributed by atoms with Gasteiger partial charge in [-0.05, 0) is 49.2 Å². The molecule has 0 saturated carbocycles. The summed E-state index contributed by atoms with van der Waals surface area (Å²) in [6.07, 6.45) is -0.413. The van der Waals surface area contributed by atoms with Gasteiger partial charge in [-0.25, -0.2) is 8.42 Å². The van der Waals surface area contributed by atoms with Crippen molar-refractivity contribution in [2.75, 3.05) is 13.1 Å². The molecule has 9 heteroatoms. The standard InChI is InChI=1S/C17H17F3N2O3S/c18-17(19,20)13-3-5-16(6-4-13)26(23,24)22-10-7-14(8-11-22)25-15-2-1-9-21-12-15/h1-6,9,12,14H,7-8,10-11H2. The molecule has 0 radical (unpaired) electrons. The summed E-state index contributed by atoms with van der Waals surface area (Å²) in [4.78, 5) is 3.82. The molecular weight excluding hydrogens is 369 g/mol. The van der Waals surface area contributed by atoms with Crippen LogP contribution in [0.1, 0.15) is 18.4 Å². The third-order valence-corrected chi connectivity index (χ3v) is 6.07. The second kappa shape index (κ2) is 7.24. The van der Waals surface area contributed by atoms with Crippen LogP contribution in [0.3, 0.4) is 0 Å². The van der Waals surface area contributed by atoms with Crippen molar-refractivity contribution in [3.8, 4) is 5.75 Å². The summed E-state index contributed by atoms with van der Waals surface area (Å²) in [6.45, 7) is 0.489. The molecule has 0 bridgehead atoms. The van der Waals surface area contributed by atoms with Crippen LogP contribution in [0.5, 0.6) is 5.75 Å². The third-order valence-electron chi connectivity index (χ3n) is 4.16. The van der Waals surface area contributed by atoms with Crippen LogP contribution in [0.2, 0.25) is 0 Å². The van der Waals surface area contributed by atoms with Crippen molar-refractivity contribution in [2.24, 2.45) is 0 Å². The monoisotopic (exact) mass is 386 g/mol. The maximum Gasteiger partial charge on any atom is 0.416 e. The Kier molecular flexibility index (Phi) is 5.19. The molecule has 0 aliphatic carbocycles. The van der Waals surface area contributed by atoms with E-state index in [0.29, 0.717) is 18.6 Å². The van der Waals surface area contributed by atoms with Crippen LogP contribution in [-0.4, -0.2) is 36.9 Å². The fourth-order valence-electron chi connectivity index (χ4n) is 2.76. The van der Waals surface area contributed by atoms with Gasteiger partial charge >= 0.3 is 6.18 Å². The van der Waals surface area contributed by atoms with E-state index in [-0.39, 0.29) is 24.1 Å². The number of aromatic nitrogens is 1. The smallest absolute Gasteiger partial charge is 0.416 e. The average molecular weight is 386 g/mol. The number of hydrogen-bond donors (Lipinski definition) is 0. The number of rotatable bonds is 4. The Balaban J connectivity index is 1.64. The number of halogens is 3. The van der Waals surface area contributed by atoms with Gasteiger partial charge in [0.15, 0.2) is 0 Å². The lowest BCUT2D eigenvalue weighted by atomic mass is 10.1. The molecule has 5 nitrogen and oxygen atoms in total. The molecular formula is C17H17F3N2O3S. The molecule has 0 N–H and O–H groups in total. The normalized spacial score (nSPS) is 17.2. The largest absolute Gasteiger partial charge is 0.489 e. The molecule has 0 unspecified atom stereocenters. The van der Waals surface area contributed by atoms with Crippen LogP contribution in [0, 0.1) is 0 Å². The van der Waals surface area contributed by atoms with Crippen LogP contribution >= 0.6 is 0 Å². The first kappa shape index (κ1) is 18.7. The minimum atomic E-state index is -4.50. The van der Waals surface area contributed by atoms with Crippen LogP contribution in [0.15, 0.2) is 53.7 Å². The Labute approximate surface area is 149 Å². The maximum atomic E-state index is 12.6. The van der Waals surface area contributed by atoms with E-state index in [1.165, 1.54) is 4.31 Å². The molecule has 1 fully saturated rings. The van der Waals surface area contributed by atoms with Gasteiger partial charge in [-0.3, -0.25) is 4.98 Å². The zero-order chi connectivity index (χ0) is 18.8. The summed E-state index contributed by atoms with van der Waals surface area (Å²) in [5.41, 5.74) is -0.875. The Morgan fingerprint density at radius 2 is 1.73 bits per heavy atom. The van der Waals surface area contributed by atoms with Gasteiger partial charge in [0.2, 0.25) is 10.0 Å². The van der Waals surface area contributed by atoms with Gasteiger partial charge in [-0.15, -0.1) is 0 Å². The Bertz CT molecular complexity index is 832. The lowest BCUT2D eigenvalue weighted by Crippen LogP contribution is -2.41. The fraction of sp³-hybridized carbons (Fsp3) is 0.353. The van der Waals surface area contributed by atoms with Gasteiger partial charge in [0.1, 0.15) is 11.9 Å². The van der Waals surface area contributed by atoms with Crippen LogP contribution in [-0.2, 0) is 16.2 Å². The summed E-state index contributed by atoms with van der Waals surface area (Å²) < 4.78 is 70.1. The van der Waals surface area contributed by atoms with Gasteiger partial charge in [-0.1, -0.05) is 0 Å². The van der Waals surface area contributed by atoms with E-state index in [1.54, 1.807) is 24.5 Å². The first-order valence-electron chi connectivity index (χ1n) is 8.01. The molecule has 1 aromatic carbocycles. The Morgan fingerprint density at radius 3 is 2.27 bits per heavy atom. The number of nitrogens with zero attached hydrogens (tertiary/aromatic N) is 2. The van der Waals surface area contributed by atoms with Crippen LogP contribution in [0.25, 0.3) is 0 Å². The molecule has 140 valence electrons. The minimum Gasteiger partial charge on any atom is -0.489 e. The van der Waals surface area contributed by atoms with Gasteiger partial charge in [0.25, 0.3) is 0 Å². The lowest BCUT2D eigenvalue weighted by Gasteiger charge is -2.31. The quantitative estimate of drug-likeness (QED) is 0.809. The molecule has 1 aromatic heterocycles. The van der Waals surface area contributed by atoms with Crippen molar-refractivity contribution < 1.29 is 26.3 Å². The average Bonchev–Trinajstić information content (AvgIpc) is 2.62. The third kappa shape index (κ3) is 4.16. The topological polar surface area (TPSA) is 59.5 Å². The van der Waals surface area contributed by atoms with Crippen LogP contribution in [0.4, 0.5) is 13.2 Å². The predicted octanol–water partition coefficient (Wildman–Crippen LogP) is 3.33. The Morgan fingerprint density at radius 1 is 1.08 bits per heavy atom. The number of alkyl halides is 3. The molecule has 1 saturated heterocycles. The van der Waals surface area contributed by atoms with Gasteiger partial charge in [0, 0.05) is 19.3 Å². The minimum absolute atomic E-state index is 0.127. The van der Waals surface area contributed by atoms with Crippen LogP contribution < -0.4 is 4.74 Å². The van der Waals surface area contributed by atoms with E-state index >= 15 is 0 Å². The first-order valence-corrected chi connectivity index (χ1v) is 9.45. The van der Waals surface area contributed by atoms with Crippen molar-refractivity contribution in [3.63, 3.8) is 0 Å². The van der Waals surface area contributed by atoms with E-state index in [4.69, 9.17) is 4.74 Å². The number of ether oxygens (including phenoxy) is 1. The van der Waals surface area contributed by atoms with Gasteiger partial charge in [-0.2, -0.15) is 17.5 Å². The summed E-state index contributed by atoms with van der Waals surface area (Å²) in [5, 5.41) is 0. The summed E-state index contributed by atoms with van der Waals surface area (Å²) in [7, 11) is -3.82. The number of hydrogen-bond acceptors (Lipinski definition) is 4. The maximum absolute atomic E-state index is 12.6. The second-order valence-corrected chi connectivity index (χ2v) is 7.87. The highest BCUT2D eigenvalue weighted by Gasteiger charge is 2.33. The molecule has 26 heavy (non-hydrogen) atoms. The van der Waals surface area contributed by atoms with Gasteiger partial charge in [0.05, 0.1) is 16.7 Å². The van der Waals surface area contributed by atoms with Crippen molar-refractivity contribution in [3.05, 3.63) is 54.4 Å². The molecule has 3 rings (SSSR count). The van der Waals surface area contributed by atoms with Crippen molar-refractivity contribution >= 4 is 10.0 Å². The summed E-state index contributed by atoms with van der Waals surface area (Å²) in [5.74, 6) is 0.622. The number of piperidine rings is 1. The lowest BCUT2D eigenvalue weighted by molar-refractivity contribution is -0.137. The van der Waals surface area contributed by atoms with E-state index in [2.05, 4.69) is 4.98 Å². The number of pyridine rings is 1. The first-order chi connectivity index (χ1) is 12.3. The molecule has 0 spiro atoms. The van der Waals surface area contributed by atoms with Gasteiger partial charge < -0.3 is 4.74 Å². The molecule has 0 atom stereocenters. The number of sulfonamides is 1. The highest BCUT2D eigenvalue weighted by molar-refractivity contribution is 7.89. The zero-order valence-electron chi connectivity index (χ0n) is 13.7. The van der Waals surface area contributed by atoms with E-state index in [1.807, 2.05) is 0 Å². The van der Waals surface area contributed by atoms with Crippen molar-refractivity contribution in [1.29, 1.82) is 0 Å². The molecule has 2 aromatic rings. The highest BCUT2D eigenvalue weighted by Crippen LogP contribution is 2.30. The SMILES string of the molecule is O=S(=O)(c1ccc(C(F)(F)F)cc1)N1CCC(Oc2cccnc2)CC1. The summed E-state index contributed by atoms with van der Waals surface area (Å²) in [6, 6.07) is 7.08.